The second-order valence-electron chi connectivity index (χ2n) is 1.82. The summed E-state index contributed by atoms with van der Waals surface area (Å²) in [5.41, 5.74) is 0. The molecule has 0 spiro atoms. The van der Waals surface area contributed by atoms with Gasteiger partial charge >= 0.3 is 0 Å². The van der Waals surface area contributed by atoms with Gasteiger partial charge in [-0.25, -0.2) is 0 Å². The molecule has 1 aromatic heterocycles. The number of aromatic nitrogens is 1. The summed E-state index contributed by atoms with van der Waals surface area (Å²) in [7, 11) is 0. The molecule has 0 unspecified atom stereocenters. The minimum Gasteiger partial charge on any atom is -0.476 e. The van der Waals surface area contributed by atoms with Crippen LogP contribution in [0.2, 0.25) is 0 Å². The van der Waals surface area contributed by atoms with Crippen LogP contribution in [0.3, 0.4) is 0 Å². The summed E-state index contributed by atoms with van der Waals surface area (Å²) in [5, 5.41) is 1.91. The van der Waals surface area contributed by atoms with Crippen LogP contribution in [0.25, 0.3) is 0 Å². The summed E-state index contributed by atoms with van der Waals surface area (Å²) in [5.74, 6) is 0.715. The van der Waals surface area contributed by atoms with Gasteiger partial charge in [-0.3, -0.25) is 0 Å². The van der Waals surface area contributed by atoms with Gasteiger partial charge in [0.25, 0.3) is 0 Å². The maximum Gasteiger partial charge on any atom is 0.239 e. The maximum atomic E-state index is 5.28. The van der Waals surface area contributed by atoms with Gasteiger partial charge in [-0.05, 0) is 33.9 Å². The van der Waals surface area contributed by atoms with E-state index in [-0.39, 0.29) is 0 Å². The lowest BCUT2D eigenvalue weighted by Gasteiger charge is -1.98. The van der Waals surface area contributed by atoms with E-state index in [4.69, 9.17) is 4.74 Å². The Morgan fingerprint density at radius 2 is 2.60 bits per heavy atom. The third-order valence-electron chi connectivity index (χ3n) is 0.939. The molecule has 1 heterocycles. The first-order valence-corrected chi connectivity index (χ1v) is 4.70. The molecule has 1 aromatic rings. The van der Waals surface area contributed by atoms with Crippen molar-refractivity contribution in [3.8, 4) is 5.88 Å². The average Bonchev–Trinajstić information content (AvgIpc) is 2.31. The Morgan fingerprint density at radius 3 is 3.10 bits per heavy atom. The van der Waals surface area contributed by atoms with Crippen molar-refractivity contribution in [2.75, 3.05) is 6.61 Å². The lowest BCUT2D eigenvalue weighted by Crippen LogP contribution is -1.94. The van der Waals surface area contributed by atoms with Gasteiger partial charge in [0, 0.05) is 5.38 Å². The Balaban J connectivity index is 2.49. The number of rotatable bonds is 3. The van der Waals surface area contributed by atoms with Gasteiger partial charge < -0.3 is 4.74 Å². The molecule has 0 aliphatic heterocycles. The first-order valence-electron chi connectivity index (χ1n) is 3.07. The first-order chi connectivity index (χ1) is 4.84. The lowest BCUT2D eigenvalue weighted by atomic mass is 10.5. The van der Waals surface area contributed by atoms with Crippen LogP contribution in [0.1, 0.15) is 13.3 Å². The quantitative estimate of drug-likeness (QED) is 0.784. The molecule has 56 valence electrons. The van der Waals surface area contributed by atoms with E-state index in [1.54, 1.807) is 0 Å². The molecule has 4 heteroatoms. The van der Waals surface area contributed by atoms with Crippen molar-refractivity contribution in [1.29, 1.82) is 0 Å². The standard InChI is InChI=1S/C6H8BrNOS/c1-2-3-9-6-5(7)4-10-8-6/h4H,2-3H2,1H3. The summed E-state index contributed by atoms with van der Waals surface area (Å²) >= 11 is 4.71. The molecule has 2 nitrogen and oxygen atoms in total. The van der Waals surface area contributed by atoms with E-state index in [9.17, 15) is 0 Å². The van der Waals surface area contributed by atoms with E-state index in [0.717, 1.165) is 17.5 Å². The van der Waals surface area contributed by atoms with Gasteiger partial charge in [-0.15, -0.1) is 0 Å². The Morgan fingerprint density at radius 1 is 1.80 bits per heavy atom. The van der Waals surface area contributed by atoms with Gasteiger partial charge in [-0.2, -0.15) is 4.37 Å². The summed E-state index contributed by atoms with van der Waals surface area (Å²) in [6, 6.07) is 0. The highest BCUT2D eigenvalue weighted by Crippen LogP contribution is 2.24. The molecule has 0 radical (unpaired) electrons. The lowest BCUT2D eigenvalue weighted by molar-refractivity contribution is 0.306. The SMILES string of the molecule is CCCOc1nscc1Br. The highest BCUT2D eigenvalue weighted by molar-refractivity contribution is 9.10. The number of hydrogen-bond donors (Lipinski definition) is 0. The Hall–Kier alpha value is -0.0900. The number of halogens is 1. The van der Waals surface area contributed by atoms with Gasteiger partial charge in [-0.1, -0.05) is 6.92 Å². The van der Waals surface area contributed by atoms with Crippen molar-refractivity contribution in [3.05, 3.63) is 9.85 Å². The van der Waals surface area contributed by atoms with Gasteiger partial charge in [0.1, 0.15) is 0 Å². The molecule has 0 saturated heterocycles. The molecule has 0 saturated carbocycles. The van der Waals surface area contributed by atoms with Crippen LogP contribution in [-0.2, 0) is 0 Å². The molecule has 0 N–H and O–H groups in total. The van der Waals surface area contributed by atoms with Crippen molar-refractivity contribution in [2.45, 2.75) is 13.3 Å². The normalized spacial score (nSPS) is 9.80. The molecular weight excluding hydrogens is 214 g/mol. The molecule has 0 bridgehead atoms. The van der Waals surface area contributed by atoms with E-state index in [0.29, 0.717) is 5.88 Å². The molecule has 0 aromatic carbocycles. The molecule has 1 rings (SSSR count). The minimum absolute atomic E-state index is 0.715. The van der Waals surface area contributed by atoms with Crippen LogP contribution in [0, 0.1) is 0 Å². The third-order valence-corrected chi connectivity index (χ3v) is 2.42. The monoisotopic (exact) mass is 221 g/mol. The molecular formula is C6H8BrNOS. The second kappa shape index (κ2) is 3.93. The Labute approximate surface area is 72.5 Å². The summed E-state index contributed by atoms with van der Waals surface area (Å²) < 4.78 is 10.3. The van der Waals surface area contributed by atoms with Crippen molar-refractivity contribution < 1.29 is 4.74 Å². The fourth-order valence-corrected chi connectivity index (χ4v) is 1.57. The highest BCUT2D eigenvalue weighted by atomic mass is 79.9. The van der Waals surface area contributed by atoms with Crippen LogP contribution in [0.5, 0.6) is 5.88 Å². The zero-order valence-corrected chi connectivity index (χ0v) is 8.04. The highest BCUT2D eigenvalue weighted by Gasteiger charge is 2.01. The smallest absolute Gasteiger partial charge is 0.239 e. The van der Waals surface area contributed by atoms with Crippen LogP contribution in [0.4, 0.5) is 0 Å². The van der Waals surface area contributed by atoms with Crippen LogP contribution in [-0.4, -0.2) is 11.0 Å². The first kappa shape index (κ1) is 8.01. The Kier molecular flexibility index (Phi) is 3.15. The fourth-order valence-electron chi connectivity index (χ4n) is 0.509. The third kappa shape index (κ3) is 1.95. The van der Waals surface area contributed by atoms with Gasteiger partial charge in [0.15, 0.2) is 0 Å². The molecule has 0 aliphatic rings. The van der Waals surface area contributed by atoms with E-state index in [1.807, 2.05) is 5.38 Å². The zero-order chi connectivity index (χ0) is 7.40. The van der Waals surface area contributed by atoms with Crippen molar-refractivity contribution in [2.24, 2.45) is 0 Å². The van der Waals surface area contributed by atoms with Crippen LogP contribution in [0.15, 0.2) is 9.85 Å². The predicted octanol–water partition coefficient (Wildman–Crippen LogP) is 2.69. The molecule has 0 atom stereocenters. The number of hydrogen-bond acceptors (Lipinski definition) is 3. The van der Waals surface area contributed by atoms with Crippen LogP contribution >= 0.6 is 27.5 Å². The predicted molar refractivity (Wildman–Crippen MR) is 45.6 cm³/mol. The van der Waals surface area contributed by atoms with Gasteiger partial charge in [0.2, 0.25) is 5.88 Å². The minimum atomic E-state index is 0.715. The van der Waals surface area contributed by atoms with E-state index in [2.05, 4.69) is 27.2 Å². The zero-order valence-electron chi connectivity index (χ0n) is 5.63. The summed E-state index contributed by atoms with van der Waals surface area (Å²) in [4.78, 5) is 0. The molecule has 0 amide bonds. The van der Waals surface area contributed by atoms with Crippen molar-refractivity contribution in [3.63, 3.8) is 0 Å². The van der Waals surface area contributed by atoms with E-state index >= 15 is 0 Å². The largest absolute Gasteiger partial charge is 0.476 e. The fraction of sp³-hybridized carbons (Fsp3) is 0.500. The Bertz CT molecular complexity index is 201. The van der Waals surface area contributed by atoms with Crippen molar-refractivity contribution in [1.82, 2.24) is 4.37 Å². The molecule has 10 heavy (non-hydrogen) atoms. The average molecular weight is 222 g/mol. The maximum absolute atomic E-state index is 5.28. The van der Waals surface area contributed by atoms with E-state index in [1.165, 1.54) is 11.5 Å². The number of nitrogens with zero attached hydrogens (tertiary/aromatic N) is 1. The second-order valence-corrected chi connectivity index (χ2v) is 3.30. The molecule has 0 fully saturated rings. The number of ether oxygens (including phenoxy) is 1. The topological polar surface area (TPSA) is 22.1 Å². The van der Waals surface area contributed by atoms with Crippen molar-refractivity contribution >= 4 is 27.5 Å². The van der Waals surface area contributed by atoms with E-state index < -0.39 is 0 Å². The summed E-state index contributed by atoms with van der Waals surface area (Å²) in [6.07, 6.45) is 1.02. The van der Waals surface area contributed by atoms with Crippen LogP contribution < -0.4 is 4.74 Å². The molecule has 0 aliphatic carbocycles. The van der Waals surface area contributed by atoms with Gasteiger partial charge in [0.05, 0.1) is 11.1 Å². The summed E-state index contributed by atoms with van der Waals surface area (Å²) in [6.45, 7) is 2.81.